The Morgan fingerprint density at radius 2 is 2.15 bits per heavy atom. The van der Waals surface area contributed by atoms with Gasteiger partial charge in [0.15, 0.2) is 0 Å². The zero-order chi connectivity index (χ0) is 14.3. The number of hydrogen-bond donors (Lipinski definition) is 2. The Bertz CT molecular complexity index is 640. The molecule has 1 heterocycles. The summed E-state index contributed by atoms with van der Waals surface area (Å²) in [6, 6.07) is 7.78. The number of nitrogens with zero attached hydrogens (tertiary/aromatic N) is 1. The third kappa shape index (κ3) is 2.50. The van der Waals surface area contributed by atoms with E-state index in [9.17, 15) is 4.79 Å². The molecule has 1 aliphatic carbocycles. The minimum absolute atomic E-state index is 0.0849. The Balaban J connectivity index is 1.89. The second-order valence-corrected chi connectivity index (χ2v) is 6.02. The maximum absolute atomic E-state index is 12.7. The van der Waals surface area contributed by atoms with Crippen LogP contribution in [0.5, 0.6) is 0 Å². The number of fused-ring (bicyclic) bond motifs is 1. The van der Waals surface area contributed by atoms with E-state index in [4.69, 9.17) is 5.73 Å². The number of aromatic amines is 1. The standard InChI is InChI=1S/C16H21N3O/c1-10(2)19(9-11-3-4-11)16(20)15-8-12-7-13(17)5-6-14(12)18-15/h5-8,10-11,18H,3-4,9,17H2,1-2H3. The molecule has 1 aliphatic rings. The Kier molecular flexibility index (Phi) is 3.16. The van der Waals surface area contributed by atoms with Crippen LogP contribution < -0.4 is 5.73 Å². The van der Waals surface area contributed by atoms with E-state index in [-0.39, 0.29) is 11.9 Å². The smallest absolute Gasteiger partial charge is 0.270 e. The monoisotopic (exact) mass is 271 g/mol. The maximum atomic E-state index is 12.7. The molecule has 3 rings (SSSR count). The molecule has 0 radical (unpaired) electrons. The summed E-state index contributed by atoms with van der Waals surface area (Å²) in [6.07, 6.45) is 2.50. The lowest BCUT2D eigenvalue weighted by atomic mass is 10.2. The number of carbonyl (C=O) groups excluding carboxylic acids is 1. The minimum atomic E-state index is 0.0849. The van der Waals surface area contributed by atoms with Crippen LogP contribution in [0.3, 0.4) is 0 Å². The van der Waals surface area contributed by atoms with Gasteiger partial charge in [0.05, 0.1) is 0 Å². The van der Waals surface area contributed by atoms with E-state index < -0.39 is 0 Å². The number of hydrogen-bond acceptors (Lipinski definition) is 2. The van der Waals surface area contributed by atoms with Gasteiger partial charge in [0.2, 0.25) is 0 Å². The van der Waals surface area contributed by atoms with Gasteiger partial charge in [-0.1, -0.05) is 0 Å². The van der Waals surface area contributed by atoms with Crippen LogP contribution in [-0.4, -0.2) is 28.4 Å². The van der Waals surface area contributed by atoms with Crippen molar-refractivity contribution in [3.63, 3.8) is 0 Å². The molecule has 0 unspecified atom stereocenters. The molecule has 0 atom stereocenters. The summed E-state index contributed by atoms with van der Waals surface area (Å²) in [6.45, 7) is 5.01. The maximum Gasteiger partial charge on any atom is 0.270 e. The summed E-state index contributed by atoms with van der Waals surface area (Å²) < 4.78 is 0. The Hall–Kier alpha value is -1.97. The van der Waals surface area contributed by atoms with Crippen molar-refractivity contribution < 1.29 is 4.79 Å². The lowest BCUT2D eigenvalue weighted by Gasteiger charge is -2.26. The molecule has 1 aromatic heterocycles. The average Bonchev–Trinajstić information content (AvgIpc) is 3.12. The average molecular weight is 271 g/mol. The molecule has 3 N–H and O–H groups in total. The molecule has 0 saturated heterocycles. The van der Waals surface area contributed by atoms with Gasteiger partial charge in [0.25, 0.3) is 5.91 Å². The molecule has 1 aromatic carbocycles. The number of benzene rings is 1. The third-order valence-corrected chi connectivity index (χ3v) is 3.91. The van der Waals surface area contributed by atoms with Crippen molar-refractivity contribution in [2.45, 2.75) is 32.7 Å². The number of amides is 1. The van der Waals surface area contributed by atoms with Gasteiger partial charge in [0.1, 0.15) is 5.69 Å². The summed E-state index contributed by atoms with van der Waals surface area (Å²) in [5, 5.41) is 0.989. The van der Waals surface area contributed by atoms with E-state index in [1.54, 1.807) is 0 Å². The van der Waals surface area contributed by atoms with Gasteiger partial charge in [-0.25, -0.2) is 0 Å². The normalized spacial score (nSPS) is 14.9. The zero-order valence-corrected chi connectivity index (χ0v) is 12.0. The third-order valence-electron chi connectivity index (χ3n) is 3.91. The fourth-order valence-corrected chi connectivity index (χ4v) is 2.53. The summed E-state index contributed by atoms with van der Waals surface area (Å²) in [5.74, 6) is 0.781. The van der Waals surface area contributed by atoms with Gasteiger partial charge in [-0.3, -0.25) is 4.79 Å². The Morgan fingerprint density at radius 1 is 1.40 bits per heavy atom. The number of nitrogen functional groups attached to an aromatic ring is 1. The number of nitrogens with one attached hydrogen (secondary N) is 1. The van der Waals surface area contributed by atoms with E-state index in [1.807, 2.05) is 29.2 Å². The number of H-pyrrole nitrogens is 1. The molecule has 106 valence electrons. The van der Waals surface area contributed by atoms with Gasteiger partial charge in [-0.05, 0) is 56.9 Å². The fraction of sp³-hybridized carbons (Fsp3) is 0.438. The fourth-order valence-electron chi connectivity index (χ4n) is 2.53. The van der Waals surface area contributed by atoms with Crippen molar-refractivity contribution in [1.29, 1.82) is 0 Å². The summed E-state index contributed by atoms with van der Waals surface area (Å²) in [4.78, 5) is 17.8. The Labute approximate surface area is 118 Å². The van der Waals surface area contributed by atoms with E-state index in [0.717, 1.165) is 17.4 Å². The highest BCUT2D eigenvalue weighted by molar-refractivity contribution is 5.98. The lowest BCUT2D eigenvalue weighted by molar-refractivity contribution is 0.0691. The number of nitrogens with two attached hydrogens (primary N) is 1. The zero-order valence-electron chi connectivity index (χ0n) is 12.0. The van der Waals surface area contributed by atoms with E-state index in [0.29, 0.717) is 17.3 Å². The molecule has 4 nitrogen and oxygen atoms in total. The van der Waals surface area contributed by atoms with Crippen molar-refractivity contribution in [2.24, 2.45) is 5.92 Å². The van der Waals surface area contributed by atoms with E-state index in [1.165, 1.54) is 12.8 Å². The van der Waals surface area contributed by atoms with Gasteiger partial charge in [0, 0.05) is 29.2 Å². The van der Waals surface area contributed by atoms with Crippen LogP contribution in [0, 0.1) is 5.92 Å². The highest BCUT2D eigenvalue weighted by Crippen LogP contribution is 2.31. The molecule has 4 heteroatoms. The van der Waals surface area contributed by atoms with Crippen LogP contribution in [0.4, 0.5) is 5.69 Å². The van der Waals surface area contributed by atoms with Gasteiger partial charge < -0.3 is 15.6 Å². The molecule has 0 bridgehead atoms. The quantitative estimate of drug-likeness (QED) is 0.840. The highest BCUT2D eigenvalue weighted by Gasteiger charge is 2.29. The summed E-state index contributed by atoms with van der Waals surface area (Å²) >= 11 is 0. The second kappa shape index (κ2) is 4.85. The van der Waals surface area contributed by atoms with Crippen LogP contribution >= 0.6 is 0 Å². The molecule has 0 spiro atoms. The molecule has 2 aromatic rings. The number of aromatic nitrogens is 1. The molecular formula is C16H21N3O. The lowest BCUT2D eigenvalue weighted by Crippen LogP contribution is -2.38. The molecule has 1 fully saturated rings. The van der Waals surface area contributed by atoms with Crippen molar-refractivity contribution in [1.82, 2.24) is 9.88 Å². The van der Waals surface area contributed by atoms with Crippen LogP contribution in [0.1, 0.15) is 37.2 Å². The topological polar surface area (TPSA) is 62.1 Å². The predicted octanol–water partition coefficient (Wildman–Crippen LogP) is 3.01. The number of anilines is 1. The van der Waals surface area contributed by atoms with Gasteiger partial charge in [-0.15, -0.1) is 0 Å². The minimum Gasteiger partial charge on any atom is -0.399 e. The van der Waals surface area contributed by atoms with Crippen LogP contribution in [0.25, 0.3) is 10.9 Å². The molecule has 1 amide bonds. The first kappa shape index (κ1) is 13.0. The summed E-state index contributed by atoms with van der Waals surface area (Å²) in [7, 11) is 0. The second-order valence-electron chi connectivity index (χ2n) is 6.02. The van der Waals surface area contributed by atoms with Crippen molar-refractivity contribution >= 4 is 22.5 Å². The van der Waals surface area contributed by atoms with Crippen molar-refractivity contribution in [3.8, 4) is 0 Å². The van der Waals surface area contributed by atoms with Crippen LogP contribution in [0.2, 0.25) is 0 Å². The van der Waals surface area contributed by atoms with Crippen molar-refractivity contribution in [3.05, 3.63) is 30.0 Å². The first-order chi connectivity index (χ1) is 9.54. The first-order valence-electron chi connectivity index (χ1n) is 7.24. The Morgan fingerprint density at radius 3 is 2.80 bits per heavy atom. The van der Waals surface area contributed by atoms with Crippen molar-refractivity contribution in [2.75, 3.05) is 12.3 Å². The predicted molar refractivity (Wildman–Crippen MR) is 81.6 cm³/mol. The molecule has 20 heavy (non-hydrogen) atoms. The van der Waals surface area contributed by atoms with Gasteiger partial charge >= 0.3 is 0 Å². The molecular weight excluding hydrogens is 250 g/mol. The largest absolute Gasteiger partial charge is 0.399 e. The SMILES string of the molecule is CC(C)N(CC1CC1)C(=O)c1cc2cc(N)ccc2[nH]1. The van der Waals surface area contributed by atoms with E-state index >= 15 is 0 Å². The molecule has 0 aliphatic heterocycles. The van der Waals surface area contributed by atoms with Crippen LogP contribution in [-0.2, 0) is 0 Å². The molecule has 1 saturated carbocycles. The van der Waals surface area contributed by atoms with E-state index in [2.05, 4.69) is 18.8 Å². The summed E-state index contributed by atoms with van der Waals surface area (Å²) in [5.41, 5.74) is 8.11. The number of carbonyl (C=O) groups is 1. The van der Waals surface area contributed by atoms with Gasteiger partial charge in [-0.2, -0.15) is 0 Å². The highest BCUT2D eigenvalue weighted by atomic mass is 16.2. The number of rotatable bonds is 4. The van der Waals surface area contributed by atoms with Crippen LogP contribution in [0.15, 0.2) is 24.3 Å². The first-order valence-corrected chi connectivity index (χ1v) is 7.24.